The molecule has 1 aromatic carbocycles. The van der Waals surface area contributed by atoms with Gasteiger partial charge in [-0.25, -0.2) is 9.78 Å². The molecule has 0 aliphatic rings. The van der Waals surface area contributed by atoms with Crippen molar-refractivity contribution in [3.8, 4) is 16.3 Å². The van der Waals surface area contributed by atoms with Crippen molar-refractivity contribution in [2.24, 2.45) is 0 Å². The lowest BCUT2D eigenvalue weighted by molar-refractivity contribution is -0.107. The third-order valence-electron chi connectivity index (χ3n) is 3.46. The summed E-state index contributed by atoms with van der Waals surface area (Å²) in [6.07, 6.45) is 2.59. The molecule has 2 rings (SSSR count). The quantitative estimate of drug-likeness (QED) is 0.548. The molecule has 1 N–H and O–H groups in total. The molecule has 0 aliphatic heterocycles. The number of benzene rings is 1. The summed E-state index contributed by atoms with van der Waals surface area (Å²) in [5.74, 6) is 0.754. The Morgan fingerprint density at radius 1 is 1.37 bits per heavy atom. The van der Waals surface area contributed by atoms with Crippen LogP contribution < -0.4 is 15.0 Å². The summed E-state index contributed by atoms with van der Waals surface area (Å²) in [5.41, 5.74) is 0.404. The number of nitrogens with one attached hydrogen (secondary N) is 1. The number of hydrogen-bond acceptors (Lipinski definition) is 6. The van der Waals surface area contributed by atoms with Gasteiger partial charge in [0.25, 0.3) is 0 Å². The number of aromatic nitrogens is 1. The molecule has 27 heavy (non-hydrogen) atoms. The number of hydrogen-bond donors (Lipinski definition) is 1. The van der Waals surface area contributed by atoms with E-state index in [-0.39, 0.29) is 0 Å². The molecule has 0 aliphatic carbocycles. The third kappa shape index (κ3) is 6.56. The molecule has 1 heterocycles. The molecule has 0 fully saturated rings. The van der Waals surface area contributed by atoms with Gasteiger partial charge in [-0.3, -0.25) is 4.79 Å². The summed E-state index contributed by atoms with van der Waals surface area (Å²) in [6.45, 7) is 6.32. The first-order chi connectivity index (χ1) is 12.8. The first-order valence-corrected chi connectivity index (χ1v) is 9.43. The van der Waals surface area contributed by atoms with Crippen LogP contribution in [0.1, 0.15) is 27.2 Å². The highest BCUT2D eigenvalue weighted by molar-refractivity contribution is 7.19. The molecular formula is C19H25N3O4S. The molecule has 146 valence electrons. The van der Waals surface area contributed by atoms with Crippen LogP contribution in [0.4, 0.5) is 9.80 Å². The van der Waals surface area contributed by atoms with Crippen molar-refractivity contribution in [1.29, 1.82) is 0 Å². The largest absolute Gasteiger partial charge is 0.497 e. The predicted octanol–water partition coefficient (Wildman–Crippen LogP) is 3.70. The molecule has 1 aromatic heterocycles. The summed E-state index contributed by atoms with van der Waals surface area (Å²) >= 11 is 1.43. The second-order valence-corrected chi connectivity index (χ2v) is 7.83. The number of carbonyl (C=O) groups is 2. The molecule has 0 spiro atoms. The molecule has 0 unspecified atom stereocenters. The molecule has 0 saturated heterocycles. The van der Waals surface area contributed by atoms with Crippen LogP contribution in [0.15, 0.2) is 30.5 Å². The van der Waals surface area contributed by atoms with E-state index in [4.69, 9.17) is 9.47 Å². The fraction of sp³-hybridized carbons (Fsp3) is 0.421. The zero-order valence-corrected chi connectivity index (χ0v) is 16.8. The fourth-order valence-corrected chi connectivity index (χ4v) is 3.16. The van der Waals surface area contributed by atoms with Gasteiger partial charge in [0.2, 0.25) is 6.41 Å². The van der Waals surface area contributed by atoms with Crippen LogP contribution in [0.25, 0.3) is 10.6 Å². The lowest BCUT2D eigenvalue weighted by Gasteiger charge is -2.20. The minimum atomic E-state index is -0.530. The number of nitrogens with zero attached hydrogens (tertiary/aromatic N) is 2. The normalized spacial score (nSPS) is 11.0. The van der Waals surface area contributed by atoms with E-state index in [1.165, 1.54) is 11.3 Å². The van der Waals surface area contributed by atoms with Crippen molar-refractivity contribution in [3.63, 3.8) is 0 Å². The van der Waals surface area contributed by atoms with E-state index in [9.17, 15) is 9.59 Å². The molecule has 0 radical (unpaired) electrons. The lowest BCUT2D eigenvalue weighted by atomic mass is 10.2. The maximum absolute atomic E-state index is 11.6. The molecule has 2 aromatic rings. The number of methoxy groups -OCH3 is 1. The van der Waals surface area contributed by atoms with Gasteiger partial charge in [0.05, 0.1) is 13.3 Å². The molecule has 0 saturated carbocycles. The number of anilines is 1. The lowest BCUT2D eigenvalue weighted by Crippen LogP contribution is -2.34. The molecular weight excluding hydrogens is 366 g/mol. The summed E-state index contributed by atoms with van der Waals surface area (Å²) in [7, 11) is 1.62. The average molecular weight is 391 g/mol. The molecule has 7 nitrogen and oxygen atoms in total. The Morgan fingerprint density at radius 3 is 2.81 bits per heavy atom. The smallest absolute Gasteiger partial charge is 0.407 e. The monoisotopic (exact) mass is 391 g/mol. The van der Waals surface area contributed by atoms with Crippen LogP contribution in [0.2, 0.25) is 0 Å². The van der Waals surface area contributed by atoms with Crippen molar-refractivity contribution in [1.82, 2.24) is 10.3 Å². The number of rotatable bonds is 8. The van der Waals surface area contributed by atoms with E-state index in [0.29, 0.717) is 19.5 Å². The van der Waals surface area contributed by atoms with E-state index >= 15 is 0 Å². The van der Waals surface area contributed by atoms with Crippen molar-refractivity contribution >= 4 is 28.8 Å². The predicted molar refractivity (Wildman–Crippen MR) is 106 cm³/mol. The van der Waals surface area contributed by atoms with Gasteiger partial charge in [0.1, 0.15) is 21.4 Å². The van der Waals surface area contributed by atoms with E-state index in [0.717, 1.165) is 27.7 Å². The van der Waals surface area contributed by atoms with E-state index in [1.54, 1.807) is 18.2 Å². The first kappa shape index (κ1) is 20.7. The van der Waals surface area contributed by atoms with Gasteiger partial charge in [-0.15, -0.1) is 0 Å². The minimum absolute atomic E-state index is 0.417. The van der Waals surface area contributed by atoms with Crippen LogP contribution in [0.3, 0.4) is 0 Å². The Hall–Kier alpha value is -2.61. The number of thiazole rings is 1. The van der Waals surface area contributed by atoms with Crippen molar-refractivity contribution < 1.29 is 19.1 Å². The van der Waals surface area contributed by atoms with Gasteiger partial charge >= 0.3 is 6.09 Å². The van der Waals surface area contributed by atoms with E-state index in [2.05, 4.69) is 10.3 Å². The second-order valence-electron chi connectivity index (χ2n) is 6.82. The SMILES string of the molecule is COc1cccc(-c2ncc(N(C=O)CCCNC(=O)OC(C)(C)C)s2)c1. The highest BCUT2D eigenvalue weighted by atomic mass is 32.1. The number of ether oxygens (including phenoxy) is 2. The van der Waals surface area contributed by atoms with Crippen LogP contribution in [0, 0.1) is 0 Å². The Bertz CT molecular complexity index is 770. The molecule has 0 atom stereocenters. The minimum Gasteiger partial charge on any atom is -0.497 e. The fourth-order valence-electron chi connectivity index (χ4n) is 2.26. The van der Waals surface area contributed by atoms with E-state index < -0.39 is 11.7 Å². The summed E-state index contributed by atoms with van der Waals surface area (Å²) in [5, 5.41) is 4.24. The molecule has 2 amide bonds. The first-order valence-electron chi connectivity index (χ1n) is 8.61. The number of alkyl carbamates (subject to hydrolysis) is 1. The van der Waals surface area contributed by atoms with Gasteiger partial charge in [-0.2, -0.15) is 0 Å². The van der Waals surface area contributed by atoms with Crippen LogP contribution >= 0.6 is 11.3 Å². The van der Waals surface area contributed by atoms with Crippen molar-refractivity contribution in [2.75, 3.05) is 25.1 Å². The number of carbonyl (C=O) groups excluding carboxylic acids is 2. The summed E-state index contributed by atoms with van der Waals surface area (Å²) < 4.78 is 10.4. The molecule has 0 bridgehead atoms. The van der Waals surface area contributed by atoms with Crippen LogP contribution in [-0.4, -0.2) is 43.3 Å². The van der Waals surface area contributed by atoms with Gasteiger partial charge in [0, 0.05) is 18.7 Å². The topological polar surface area (TPSA) is 80.8 Å². The van der Waals surface area contributed by atoms with Gasteiger partial charge in [-0.1, -0.05) is 23.5 Å². The maximum atomic E-state index is 11.6. The Labute approximate surface area is 163 Å². The molecule has 8 heteroatoms. The summed E-state index contributed by atoms with van der Waals surface area (Å²) in [6, 6.07) is 7.61. The van der Waals surface area contributed by atoms with Crippen LogP contribution in [0.5, 0.6) is 5.75 Å². The summed E-state index contributed by atoms with van der Waals surface area (Å²) in [4.78, 5) is 29.0. The highest BCUT2D eigenvalue weighted by Gasteiger charge is 2.16. The van der Waals surface area contributed by atoms with Gasteiger partial charge < -0.3 is 19.7 Å². The Kier molecular flexibility index (Phi) is 7.18. The average Bonchev–Trinajstić information content (AvgIpc) is 3.10. The zero-order valence-electron chi connectivity index (χ0n) is 16.0. The Morgan fingerprint density at radius 2 is 2.15 bits per heavy atom. The standard InChI is InChI=1S/C19H25N3O4S/c1-19(2,3)26-18(24)20-9-6-10-22(13-23)16-12-21-17(27-16)14-7-5-8-15(11-14)25-4/h5,7-8,11-13H,6,9-10H2,1-4H3,(H,20,24). The van der Waals surface area contributed by atoms with Gasteiger partial charge in [0.15, 0.2) is 0 Å². The second kappa shape index (κ2) is 9.36. The van der Waals surface area contributed by atoms with Gasteiger partial charge in [-0.05, 0) is 39.3 Å². The maximum Gasteiger partial charge on any atom is 0.407 e. The third-order valence-corrected chi connectivity index (χ3v) is 4.55. The highest BCUT2D eigenvalue weighted by Crippen LogP contribution is 2.32. The van der Waals surface area contributed by atoms with Crippen molar-refractivity contribution in [3.05, 3.63) is 30.5 Å². The van der Waals surface area contributed by atoms with Crippen molar-refractivity contribution in [2.45, 2.75) is 32.8 Å². The number of amides is 2. The van der Waals surface area contributed by atoms with E-state index in [1.807, 2.05) is 45.0 Å². The zero-order chi connectivity index (χ0) is 19.9. The Balaban J connectivity index is 1.89. The van der Waals surface area contributed by atoms with Crippen LogP contribution in [-0.2, 0) is 9.53 Å².